The lowest BCUT2D eigenvalue weighted by atomic mass is 9.92. The predicted octanol–water partition coefficient (Wildman–Crippen LogP) is 5.41. The van der Waals surface area contributed by atoms with Gasteiger partial charge in [0.05, 0.1) is 6.61 Å². The summed E-state index contributed by atoms with van der Waals surface area (Å²) in [7, 11) is -2.66. The van der Waals surface area contributed by atoms with Crippen LogP contribution in [0, 0.1) is 5.92 Å². The Bertz CT molecular complexity index is 671. The molecule has 0 spiro atoms. The molecule has 2 unspecified atom stereocenters. The fraction of sp³-hybridized carbons (Fsp3) is 0.353. The van der Waals surface area contributed by atoms with Crippen LogP contribution in [0.2, 0.25) is 0 Å². The van der Waals surface area contributed by atoms with E-state index in [-0.39, 0.29) is 0 Å². The fourth-order valence-corrected chi connectivity index (χ4v) is 4.44. The highest BCUT2D eigenvalue weighted by Gasteiger charge is 2.26. The SMILES string of the molecule is C=C1C(C)=C(P(C)(=O)OCC)C=CC1C.O=C(O)c1cccs1. The minimum Gasteiger partial charge on any atom is -0.477 e. The number of hydrogen-bond donors (Lipinski definition) is 1. The van der Waals surface area contributed by atoms with Gasteiger partial charge in [0.25, 0.3) is 0 Å². The summed E-state index contributed by atoms with van der Waals surface area (Å²) in [5.74, 6) is -0.518. The average Bonchev–Trinajstić information content (AvgIpc) is 2.99. The van der Waals surface area contributed by atoms with Crippen molar-refractivity contribution in [3.8, 4) is 0 Å². The highest BCUT2D eigenvalue weighted by atomic mass is 32.1. The van der Waals surface area contributed by atoms with Crippen molar-refractivity contribution in [3.05, 3.63) is 57.6 Å². The molecule has 1 aliphatic carbocycles. The van der Waals surface area contributed by atoms with Crippen molar-refractivity contribution in [2.45, 2.75) is 20.8 Å². The third-order valence-electron chi connectivity index (χ3n) is 3.50. The van der Waals surface area contributed by atoms with Crippen molar-refractivity contribution in [3.63, 3.8) is 0 Å². The number of allylic oxidation sites excluding steroid dienone is 5. The summed E-state index contributed by atoms with van der Waals surface area (Å²) in [6.07, 6.45) is 3.95. The van der Waals surface area contributed by atoms with Crippen molar-refractivity contribution >= 4 is 24.7 Å². The van der Waals surface area contributed by atoms with Gasteiger partial charge in [-0.15, -0.1) is 11.3 Å². The van der Waals surface area contributed by atoms with Crippen LogP contribution in [0.15, 0.2) is 52.7 Å². The minimum atomic E-state index is -2.66. The molecule has 1 aromatic heterocycles. The topological polar surface area (TPSA) is 63.6 Å². The van der Waals surface area contributed by atoms with E-state index in [1.54, 1.807) is 24.2 Å². The molecule has 1 heterocycles. The first-order valence-electron chi connectivity index (χ1n) is 7.28. The Morgan fingerprint density at radius 1 is 1.52 bits per heavy atom. The smallest absolute Gasteiger partial charge is 0.345 e. The summed E-state index contributed by atoms with van der Waals surface area (Å²) in [5.41, 5.74) is 2.05. The van der Waals surface area contributed by atoms with E-state index in [2.05, 4.69) is 13.5 Å². The normalized spacial score (nSPS) is 19.8. The van der Waals surface area contributed by atoms with Crippen LogP contribution in [0.3, 0.4) is 0 Å². The molecule has 23 heavy (non-hydrogen) atoms. The van der Waals surface area contributed by atoms with Crippen molar-refractivity contribution < 1.29 is 19.0 Å². The van der Waals surface area contributed by atoms with E-state index >= 15 is 0 Å². The summed E-state index contributed by atoms with van der Waals surface area (Å²) in [5, 5.41) is 10.8. The van der Waals surface area contributed by atoms with Gasteiger partial charge in [-0.2, -0.15) is 0 Å². The first-order chi connectivity index (χ1) is 10.7. The van der Waals surface area contributed by atoms with Crippen LogP contribution in [0.5, 0.6) is 0 Å². The summed E-state index contributed by atoms with van der Waals surface area (Å²) in [4.78, 5) is 10.5. The van der Waals surface area contributed by atoms with E-state index in [0.717, 1.165) is 16.5 Å². The summed E-state index contributed by atoms with van der Waals surface area (Å²) in [6, 6.07) is 3.29. The third-order valence-corrected chi connectivity index (χ3v) is 6.47. The molecule has 1 aliphatic rings. The summed E-state index contributed by atoms with van der Waals surface area (Å²) < 4.78 is 17.6. The Kier molecular flexibility index (Phi) is 7.20. The molecule has 0 saturated carbocycles. The predicted molar refractivity (Wildman–Crippen MR) is 96.6 cm³/mol. The van der Waals surface area contributed by atoms with Crippen molar-refractivity contribution in [1.29, 1.82) is 0 Å². The number of carboxylic acid groups (broad SMARTS) is 1. The molecule has 0 aromatic carbocycles. The van der Waals surface area contributed by atoms with Crippen molar-refractivity contribution in [2.75, 3.05) is 13.3 Å². The zero-order valence-electron chi connectivity index (χ0n) is 13.9. The number of aromatic carboxylic acids is 1. The van der Waals surface area contributed by atoms with Gasteiger partial charge in [-0.1, -0.05) is 31.7 Å². The Balaban J connectivity index is 0.000000277. The molecule has 1 aromatic rings. The van der Waals surface area contributed by atoms with Crippen molar-refractivity contribution in [1.82, 2.24) is 0 Å². The molecule has 0 fully saturated rings. The average molecular weight is 354 g/mol. The molecule has 4 nitrogen and oxygen atoms in total. The van der Waals surface area contributed by atoms with E-state index in [0.29, 0.717) is 17.4 Å². The number of carbonyl (C=O) groups is 1. The van der Waals surface area contributed by atoms with Crippen LogP contribution in [0.4, 0.5) is 0 Å². The maximum absolute atomic E-state index is 12.3. The quantitative estimate of drug-likeness (QED) is 0.734. The van der Waals surface area contributed by atoms with E-state index in [1.807, 2.05) is 26.0 Å². The van der Waals surface area contributed by atoms with Crippen LogP contribution in [-0.2, 0) is 9.09 Å². The van der Waals surface area contributed by atoms with E-state index in [9.17, 15) is 9.36 Å². The van der Waals surface area contributed by atoms with Crippen LogP contribution >= 0.6 is 18.7 Å². The molecule has 0 amide bonds. The third kappa shape index (κ3) is 5.31. The first kappa shape index (κ1) is 19.6. The van der Waals surface area contributed by atoms with E-state index < -0.39 is 13.3 Å². The molecule has 0 saturated heterocycles. The molecule has 0 bridgehead atoms. The van der Waals surface area contributed by atoms with Gasteiger partial charge >= 0.3 is 5.97 Å². The van der Waals surface area contributed by atoms with Gasteiger partial charge in [0.15, 0.2) is 0 Å². The highest BCUT2D eigenvalue weighted by molar-refractivity contribution is 7.63. The van der Waals surface area contributed by atoms with Crippen LogP contribution in [0.25, 0.3) is 0 Å². The molecule has 126 valence electrons. The number of carboxylic acids is 1. The van der Waals surface area contributed by atoms with Gasteiger partial charge in [-0.3, -0.25) is 4.57 Å². The van der Waals surface area contributed by atoms with Crippen LogP contribution < -0.4 is 0 Å². The van der Waals surface area contributed by atoms with Gasteiger partial charge in [-0.05, 0) is 42.4 Å². The molecule has 1 N–H and O–H groups in total. The molecule has 0 aliphatic heterocycles. The Labute approximate surface area is 141 Å². The fourth-order valence-electron chi connectivity index (χ4n) is 2.14. The largest absolute Gasteiger partial charge is 0.477 e. The minimum absolute atomic E-state index is 0.329. The molecule has 0 radical (unpaired) electrons. The summed E-state index contributed by atoms with van der Waals surface area (Å²) in [6.45, 7) is 12.1. The van der Waals surface area contributed by atoms with Gasteiger partial charge in [0.2, 0.25) is 7.37 Å². The summed E-state index contributed by atoms with van der Waals surface area (Å²) >= 11 is 1.23. The Hall–Kier alpha value is -1.42. The second-order valence-corrected chi connectivity index (χ2v) is 8.61. The zero-order chi connectivity index (χ0) is 17.6. The van der Waals surface area contributed by atoms with Crippen LogP contribution in [-0.4, -0.2) is 24.3 Å². The lowest BCUT2D eigenvalue weighted by Gasteiger charge is -2.24. The Morgan fingerprint density at radius 2 is 2.17 bits per heavy atom. The monoisotopic (exact) mass is 354 g/mol. The Morgan fingerprint density at radius 3 is 2.61 bits per heavy atom. The molecule has 2 rings (SSSR count). The molecule has 2 atom stereocenters. The lowest BCUT2D eigenvalue weighted by molar-refractivity contribution is 0.0702. The van der Waals surface area contributed by atoms with Crippen LogP contribution in [0.1, 0.15) is 30.4 Å². The maximum atomic E-state index is 12.3. The number of thiophene rings is 1. The molecular weight excluding hydrogens is 331 g/mol. The maximum Gasteiger partial charge on any atom is 0.345 e. The van der Waals surface area contributed by atoms with Crippen molar-refractivity contribution in [2.24, 2.45) is 5.92 Å². The standard InChI is InChI=1S/C12H19O2P.C5H4O2S/c1-6-14-15(5,13)12-8-7-9(2)10(3)11(12)4;6-5(7)4-2-1-3-8-4/h7-9H,3,6H2,1-2,4-5H3;1-3H,(H,6,7). The van der Waals surface area contributed by atoms with Gasteiger partial charge in [0, 0.05) is 12.0 Å². The van der Waals surface area contributed by atoms with E-state index in [1.165, 1.54) is 11.3 Å². The lowest BCUT2D eigenvalue weighted by Crippen LogP contribution is -2.05. The number of hydrogen-bond acceptors (Lipinski definition) is 4. The van der Waals surface area contributed by atoms with Gasteiger partial charge in [-0.25, -0.2) is 4.79 Å². The zero-order valence-corrected chi connectivity index (χ0v) is 15.6. The molecule has 6 heteroatoms. The number of rotatable bonds is 4. The van der Waals surface area contributed by atoms with Gasteiger partial charge < -0.3 is 9.63 Å². The second kappa shape index (κ2) is 8.44. The van der Waals surface area contributed by atoms with E-state index in [4.69, 9.17) is 9.63 Å². The first-order valence-corrected chi connectivity index (χ1v) is 10.2. The van der Waals surface area contributed by atoms with Gasteiger partial charge in [0.1, 0.15) is 4.88 Å². The second-order valence-electron chi connectivity index (χ2n) is 5.23. The highest BCUT2D eigenvalue weighted by Crippen LogP contribution is 2.55. The molecular formula is C17H23O4PS.